The Bertz CT molecular complexity index is 1260. The lowest BCUT2D eigenvalue weighted by atomic mass is 10.1. The Balaban J connectivity index is 1.52. The zero-order chi connectivity index (χ0) is 24.1. The molecule has 1 aliphatic heterocycles. The molecule has 4 rings (SSSR count). The quantitative estimate of drug-likeness (QED) is 0.458. The maximum atomic E-state index is 13.1. The number of hydrogen-bond donors (Lipinski definition) is 2. The van der Waals surface area contributed by atoms with E-state index in [1.165, 1.54) is 18.2 Å². The fourth-order valence-corrected chi connectivity index (χ4v) is 5.52. The fraction of sp³-hybridized carbons (Fsp3) is 0.269. The number of nitrogens with zero attached hydrogens (tertiary/aromatic N) is 1. The molecule has 1 heterocycles. The van der Waals surface area contributed by atoms with E-state index in [1.54, 1.807) is 18.2 Å². The highest BCUT2D eigenvalue weighted by Crippen LogP contribution is 2.26. The number of halogens is 1. The van der Waals surface area contributed by atoms with Crippen LogP contribution < -0.4 is 10.0 Å². The number of amides is 1. The molecule has 1 aliphatic rings. The van der Waals surface area contributed by atoms with Gasteiger partial charge in [-0.25, -0.2) is 8.42 Å². The van der Waals surface area contributed by atoms with Crippen molar-refractivity contribution >= 4 is 33.2 Å². The van der Waals surface area contributed by atoms with Crippen molar-refractivity contribution in [1.29, 1.82) is 0 Å². The van der Waals surface area contributed by atoms with Crippen LogP contribution >= 0.6 is 11.6 Å². The molecule has 0 bridgehead atoms. The monoisotopic (exact) mass is 497 g/mol. The molecule has 1 fully saturated rings. The number of sulfonamides is 1. The van der Waals surface area contributed by atoms with Crippen molar-refractivity contribution in [1.82, 2.24) is 10.2 Å². The average Bonchev–Trinajstić information content (AvgIpc) is 3.34. The summed E-state index contributed by atoms with van der Waals surface area (Å²) in [7, 11) is -3.89. The molecule has 3 aromatic rings. The van der Waals surface area contributed by atoms with Crippen LogP contribution in [0.3, 0.4) is 0 Å². The van der Waals surface area contributed by atoms with Crippen LogP contribution in [0.5, 0.6) is 0 Å². The molecule has 0 spiro atoms. The molecular weight excluding hydrogens is 470 g/mol. The van der Waals surface area contributed by atoms with Gasteiger partial charge in [0.25, 0.3) is 15.9 Å². The third kappa shape index (κ3) is 5.78. The van der Waals surface area contributed by atoms with Crippen molar-refractivity contribution in [3.63, 3.8) is 0 Å². The SMILES string of the molecule is Cc1cccc(NS(=O)(=O)c2ccc(Cl)c(C(=O)NC[C@H](c3ccccc3)N3CCCC3)c2)c1. The Morgan fingerprint density at radius 2 is 1.74 bits per heavy atom. The smallest absolute Gasteiger partial charge is 0.261 e. The first kappa shape index (κ1) is 24.3. The van der Waals surface area contributed by atoms with E-state index in [0.717, 1.165) is 37.1 Å². The summed E-state index contributed by atoms with van der Waals surface area (Å²) in [5, 5.41) is 3.17. The summed E-state index contributed by atoms with van der Waals surface area (Å²) in [5.41, 5.74) is 2.65. The Hall–Kier alpha value is -2.87. The first-order valence-electron chi connectivity index (χ1n) is 11.3. The highest BCUT2D eigenvalue weighted by atomic mass is 35.5. The minimum Gasteiger partial charge on any atom is -0.350 e. The normalized spacial score (nSPS) is 15.1. The van der Waals surface area contributed by atoms with Crippen LogP contribution in [-0.4, -0.2) is 38.9 Å². The van der Waals surface area contributed by atoms with Gasteiger partial charge in [-0.05, 0) is 74.3 Å². The van der Waals surface area contributed by atoms with Gasteiger partial charge in [0.1, 0.15) is 0 Å². The molecule has 178 valence electrons. The van der Waals surface area contributed by atoms with Crippen LogP contribution in [0.25, 0.3) is 0 Å². The van der Waals surface area contributed by atoms with E-state index >= 15 is 0 Å². The van der Waals surface area contributed by atoms with E-state index in [2.05, 4.69) is 27.1 Å². The largest absolute Gasteiger partial charge is 0.350 e. The van der Waals surface area contributed by atoms with Crippen molar-refractivity contribution in [2.45, 2.75) is 30.7 Å². The predicted octanol–water partition coefficient (Wildman–Crippen LogP) is 5.02. The summed E-state index contributed by atoms with van der Waals surface area (Å²) in [5.74, 6) is -0.405. The van der Waals surface area contributed by atoms with Crippen molar-refractivity contribution in [2.24, 2.45) is 0 Å². The maximum Gasteiger partial charge on any atom is 0.261 e. The van der Waals surface area contributed by atoms with Crippen LogP contribution in [0.15, 0.2) is 77.7 Å². The second-order valence-corrected chi connectivity index (χ2v) is 10.6. The molecule has 34 heavy (non-hydrogen) atoms. The number of nitrogens with one attached hydrogen (secondary N) is 2. The molecule has 8 heteroatoms. The van der Waals surface area contributed by atoms with Gasteiger partial charge in [0.05, 0.1) is 21.5 Å². The van der Waals surface area contributed by atoms with E-state index in [4.69, 9.17) is 11.6 Å². The lowest BCUT2D eigenvalue weighted by Gasteiger charge is -2.28. The van der Waals surface area contributed by atoms with E-state index < -0.39 is 15.9 Å². The first-order chi connectivity index (χ1) is 16.3. The Morgan fingerprint density at radius 3 is 2.44 bits per heavy atom. The number of aryl methyl sites for hydroxylation is 1. The molecule has 0 radical (unpaired) electrons. The number of carbonyl (C=O) groups excluding carboxylic acids is 1. The molecule has 0 aromatic heterocycles. The summed E-state index contributed by atoms with van der Waals surface area (Å²) in [4.78, 5) is 15.4. The predicted molar refractivity (Wildman–Crippen MR) is 136 cm³/mol. The Labute approximate surface area is 206 Å². The Morgan fingerprint density at radius 1 is 1.00 bits per heavy atom. The van der Waals surface area contributed by atoms with Gasteiger partial charge in [0.15, 0.2) is 0 Å². The summed E-state index contributed by atoms with van der Waals surface area (Å²) < 4.78 is 28.4. The topological polar surface area (TPSA) is 78.5 Å². The van der Waals surface area contributed by atoms with Crippen LogP contribution in [-0.2, 0) is 10.0 Å². The van der Waals surface area contributed by atoms with Crippen molar-refractivity contribution in [2.75, 3.05) is 24.4 Å². The minimum absolute atomic E-state index is 0.0253. The van der Waals surface area contributed by atoms with Crippen molar-refractivity contribution < 1.29 is 13.2 Å². The number of benzene rings is 3. The third-order valence-electron chi connectivity index (χ3n) is 5.98. The van der Waals surface area contributed by atoms with E-state index in [-0.39, 0.29) is 21.5 Å². The second-order valence-electron chi connectivity index (χ2n) is 8.50. The van der Waals surface area contributed by atoms with Crippen LogP contribution in [0.1, 0.15) is 40.4 Å². The van der Waals surface area contributed by atoms with E-state index in [1.807, 2.05) is 31.2 Å². The molecule has 0 saturated carbocycles. The summed E-state index contributed by atoms with van der Waals surface area (Å²) in [6, 6.07) is 21.4. The molecule has 1 amide bonds. The zero-order valence-corrected chi connectivity index (χ0v) is 20.6. The standard InChI is InChI=1S/C26H28ClN3O3S/c1-19-8-7-11-21(16-19)29-34(32,33)22-12-13-24(27)23(17-22)26(31)28-18-25(30-14-5-6-15-30)20-9-3-2-4-10-20/h2-4,7-13,16-17,25,29H,5-6,14-15,18H2,1H3,(H,28,31)/t25-/m1/s1. The van der Waals surface area contributed by atoms with Crippen molar-refractivity contribution in [3.8, 4) is 0 Å². The van der Waals surface area contributed by atoms with Gasteiger partial charge in [0.2, 0.25) is 0 Å². The first-order valence-corrected chi connectivity index (χ1v) is 13.2. The van der Waals surface area contributed by atoms with Gasteiger partial charge in [0, 0.05) is 12.2 Å². The molecule has 1 saturated heterocycles. The molecule has 3 aromatic carbocycles. The lowest BCUT2D eigenvalue weighted by molar-refractivity contribution is 0.0938. The molecule has 1 atom stereocenters. The van der Waals surface area contributed by atoms with Gasteiger partial charge in [-0.2, -0.15) is 0 Å². The van der Waals surface area contributed by atoms with Crippen LogP contribution in [0.2, 0.25) is 5.02 Å². The summed E-state index contributed by atoms with van der Waals surface area (Å²) in [6.45, 7) is 4.24. The van der Waals surface area contributed by atoms with Gasteiger partial charge in [-0.15, -0.1) is 0 Å². The third-order valence-corrected chi connectivity index (χ3v) is 7.69. The highest BCUT2D eigenvalue weighted by Gasteiger charge is 2.25. The molecule has 0 aliphatic carbocycles. The van der Waals surface area contributed by atoms with Crippen LogP contribution in [0.4, 0.5) is 5.69 Å². The van der Waals surface area contributed by atoms with Crippen molar-refractivity contribution in [3.05, 3.63) is 94.5 Å². The minimum atomic E-state index is -3.89. The summed E-state index contributed by atoms with van der Waals surface area (Å²) >= 11 is 6.30. The lowest BCUT2D eigenvalue weighted by Crippen LogP contribution is -2.37. The number of hydrogen-bond acceptors (Lipinski definition) is 4. The summed E-state index contributed by atoms with van der Waals surface area (Å²) in [6.07, 6.45) is 2.27. The van der Waals surface area contributed by atoms with Gasteiger partial charge in [-0.3, -0.25) is 14.4 Å². The van der Waals surface area contributed by atoms with Gasteiger partial charge >= 0.3 is 0 Å². The molecule has 0 unspecified atom stereocenters. The fourth-order valence-electron chi connectivity index (χ4n) is 4.24. The molecule has 6 nitrogen and oxygen atoms in total. The second kappa shape index (κ2) is 10.6. The number of rotatable bonds is 8. The molecular formula is C26H28ClN3O3S. The zero-order valence-electron chi connectivity index (χ0n) is 19.0. The molecule has 2 N–H and O–H groups in total. The number of anilines is 1. The van der Waals surface area contributed by atoms with Crippen LogP contribution in [0, 0.1) is 6.92 Å². The number of carbonyl (C=O) groups is 1. The van der Waals surface area contributed by atoms with Gasteiger partial charge < -0.3 is 5.32 Å². The maximum absolute atomic E-state index is 13.1. The van der Waals surface area contributed by atoms with E-state index in [0.29, 0.717) is 12.2 Å². The van der Waals surface area contributed by atoms with E-state index in [9.17, 15) is 13.2 Å². The van der Waals surface area contributed by atoms with Gasteiger partial charge in [-0.1, -0.05) is 54.1 Å². The Kier molecular flexibility index (Phi) is 7.56. The average molecular weight is 498 g/mol. The number of likely N-dealkylation sites (tertiary alicyclic amines) is 1. The highest BCUT2D eigenvalue weighted by molar-refractivity contribution is 7.92.